The Morgan fingerprint density at radius 3 is 1.33 bits per heavy atom. The van der Waals surface area contributed by atoms with E-state index in [-0.39, 0.29) is 67.3 Å². The molecule has 0 aliphatic heterocycles. The largest absolute Gasteiger partial charge is 0.461 e. The van der Waals surface area contributed by atoms with Crippen LogP contribution >= 0.6 is 11.6 Å². The zero-order valence-corrected chi connectivity index (χ0v) is 67.5. The highest BCUT2D eigenvalue weighted by molar-refractivity contribution is 6.67. The van der Waals surface area contributed by atoms with Crippen molar-refractivity contribution in [2.45, 2.75) is 309 Å². The van der Waals surface area contributed by atoms with Gasteiger partial charge in [0, 0.05) is 23.0 Å². The predicted octanol–water partition coefficient (Wildman–Crippen LogP) is 24.2. The van der Waals surface area contributed by atoms with E-state index in [2.05, 4.69) is 141 Å². The van der Waals surface area contributed by atoms with E-state index >= 15 is 0 Å². The molecular weight excluding hydrogens is 1280 g/mol. The van der Waals surface area contributed by atoms with Crippen LogP contribution in [-0.2, 0) is 28.7 Å². The average Bonchev–Trinajstić information content (AvgIpc) is 1.02. The molecule has 10 aliphatic carbocycles. The molecule has 0 heterocycles. The number of unbranched alkanes of at least 4 members (excludes halogenated alkanes) is 4. The number of hydrogen-bond donors (Lipinski definition) is 2. The first kappa shape index (κ1) is 79.0. The van der Waals surface area contributed by atoms with Gasteiger partial charge in [0.15, 0.2) is 0 Å². The van der Waals surface area contributed by atoms with E-state index in [0.29, 0.717) is 93.5 Å². The molecule has 3 aromatic rings. The number of ether oxygens (including phenoxy) is 2. The zero-order chi connectivity index (χ0) is 73.8. The third kappa shape index (κ3) is 13.8. The van der Waals surface area contributed by atoms with Crippen LogP contribution < -0.4 is 0 Å². The van der Waals surface area contributed by atoms with Gasteiger partial charge >= 0.3 is 11.9 Å². The van der Waals surface area contributed by atoms with Crippen molar-refractivity contribution in [1.29, 1.82) is 0 Å². The number of rotatable bonds is 19. The van der Waals surface area contributed by atoms with Crippen LogP contribution in [0.2, 0.25) is 0 Å². The molecule has 564 valence electrons. The number of aliphatic hydroxyl groups excluding tert-OH is 2. The summed E-state index contributed by atoms with van der Waals surface area (Å²) in [7, 11) is 0. The Morgan fingerprint density at radius 1 is 0.451 bits per heavy atom. The minimum atomic E-state index is -0.387. The molecule has 10 saturated carbocycles. The molecule has 0 saturated heterocycles. The van der Waals surface area contributed by atoms with Crippen LogP contribution in [0.15, 0.2) is 97.1 Å². The van der Waals surface area contributed by atoms with Gasteiger partial charge in [0.2, 0.25) is 0 Å². The van der Waals surface area contributed by atoms with Crippen molar-refractivity contribution < 1.29 is 34.1 Å². The number of halogens is 1. The van der Waals surface area contributed by atoms with Gasteiger partial charge in [0.1, 0.15) is 6.10 Å². The van der Waals surface area contributed by atoms with Crippen LogP contribution in [-0.4, -0.2) is 52.8 Å². The molecule has 3 aromatic carbocycles. The van der Waals surface area contributed by atoms with Crippen molar-refractivity contribution in [3.63, 3.8) is 0 Å². The molecule has 0 bridgehead atoms. The number of aryl methyl sites for hydroxylation is 3. The van der Waals surface area contributed by atoms with E-state index in [4.69, 9.17) is 21.1 Å². The fourth-order valence-corrected chi connectivity index (χ4v) is 27.6. The van der Waals surface area contributed by atoms with E-state index in [0.717, 1.165) is 69.6 Å². The normalized spacial score (nSPS) is 39.4. The second kappa shape index (κ2) is 30.5. The molecule has 0 unspecified atom stereocenters. The Bertz CT molecular complexity index is 3440. The molecule has 10 fully saturated rings. The Labute approximate surface area is 624 Å². The summed E-state index contributed by atoms with van der Waals surface area (Å²) in [5, 5.41) is 21.2. The molecule has 13 rings (SSSR count). The van der Waals surface area contributed by atoms with Gasteiger partial charge in [-0.25, -0.2) is 9.59 Å². The predicted molar refractivity (Wildman–Crippen MR) is 420 cm³/mol. The maximum Gasteiger partial charge on any atom is 0.338 e. The highest BCUT2D eigenvalue weighted by Gasteiger charge is 2.73. The maximum atomic E-state index is 13.6. The summed E-state index contributed by atoms with van der Waals surface area (Å²) in [5.74, 6) is 5.72. The highest BCUT2D eigenvalue weighted by Crippen LogP contribution is 2.80. The van der Waals surface area contributed by atoms with Gasteiger partial charge in [0.25, 0.3) is 5.24 Å². The van der Waals surface area contributed by atoms with Gasteiger partial charge in [-0.3, -0.25) is 4.79 Å². The summed E-state index contributed by atoms with van der Waals surface area (Å²) in [5.41, 5.74) is 10.3. The molecule has 8 heteroatoms. The summed E-state index contributed by atoms with van der Waals surface area (Å²) in [6, 6.07) is 23.8. The summed E-state index contributed by atoms with van der Waals surface area (Å²) >= 11 is 5.32. The number of allylic oxidation sites excluding steroid dienone is 2. The van der Waals surface area contributed by atoms with Crippen LogP contribution in [0.4, 0.5) is 0 Å². The first-order valence-corrected chi connectivity index (χ1v) is 42.1. The summed E-state index contributed by atoms with van der Waals surface area (Å²) < 4.78 is 12.8. The number of carbonyl (C=O) groups is 3. The number of aliphatic hydroxyl groups is 2. The number of esters is 2. The van der Waals surface area contributed by atoms with Crippen molar-refractivity contribution in [1.82, 2.24) is 0 Å². The lowest BCUT2D eigenvalue weighted by Gasteiger charge is -2.73. The van der Waals surface area contributed by atoms with Gasteiger partial charge in [-0.1, -0.05) is 176 Å². The second-order valence-corrected chi connectivity index (χ2v) is 39.3. The topological polar surface area (TPSA) is 110 Å². The quantitative estimate of drug-likeness (QED) is 0.0532. The minimum absolute atomic E-state index is 0.0214. The molecule has 102 heavy (non-hydrogen) atoms. The van der Waals surface area contributed by atoms with Crippen molar-refractivity contribution in [2.24, 2.45) is 113 Å². The number of hydrogen-bond acceptors (Lipinski definition) is 7. The SMILES string of the molecule is C=C(C)[C@@H]1CC[C@]2(CO)CC[C@]3(C)[C@H](CC[C@@H]4[C@@]5(C)CC[C@H](O)C(C)(C)[C@@H]5CC[C@]43C)[C@@H]12.C=C(C)[C@@H]1CC[C@]2(COC(=O)c3ccc(CCCCC)cc3)CC[C@]3(C)[C@H](CC[C@@H]4[C@@]5(C)CC[C@H](OC(=O)c6ccc(CCCC)cc6)C(C)(C)[C@@H]5CC[C@]43C)[C@@H]12.CCCCc1ccc(C(=O)Cl)cc1. The number of benzene rings is 3. The fourth-order valence-electron chi connectivity index (χ4n) is 27.5. The van der Waals surface area contributed by atoms with Crippen molar-refractivity contribution >= 4 is 28.8 Å². The lowest BCUT2D eigenvalue weighted by molar-refractivity contribution is -0.249. The van der Waals surface area contributed by atoms with Crippen LogP contribution in [0.1, 0.15) is 325 Å². The number of fused-ring (bicyclic) bond motifs is 14. The third-order valence-electron chi connectivity index (χ3n) is 33.7. The van der Waals surface area contributed by atoms with Gasteiger partial charge < -0.3 is 19.7 Å². The summed E-state index contributed by atoms with van der Waals surface area (Å²) in [4.78, 5) is 37.9. The Balaban J connectivity index is 0.000000192. The smallest absolute Gasteiger partial charge is 0.338 e. The monoisotopic (exact) mass is 1420 g/mol. The van der Waals surface area contributed by atoms with Crippen molar-refractivity contribution in [3.8, 4) is 0 Å². The Kier molecular flexibility index (Phi) is 23.7. The Hall–Kier alpha value is -4.04. The Morgan fingerprint density at radius 2 is 0.873 bits per heavy atom. The van der Waals surface area contributed by atoms with Crippen LogP contribution in [0, 0.1) is 113 Å². The fraction of sp³-hybridized carbons (Fsp3) is 0.734. The summed E-state index contributed by atoms with van der Waals surface area (Å²) in [6.07, 6.45) is 35.3. The highest BCUT2D eigenvalue weighted by atomic mass is 35.5. The molecule has 0 amide bonds. The molecule has 10 aliphatic rings. The van der Waals surface area contributed by atoms with Crippen molar-refractivity contribution in [2.75, 3.05) is 13.2 Å². The van der Waals surface area contributed by atoms with E-state index < -0.39 is 0 Å². The molecule has 0 spiro atoms. The molecule has 7 nitrogen and oxygen atoms in total. The molecule has 0 aromatic heterocycles. The van der Waals surface area contributed by atoms with Gasteiger partial charge in [-0.2, -0.15) is 0 Å². The lowest BCUT2D eigenvalue weighted by Crippen LogP contribution is -2.67. The van der Waals surface area contributed by atoms with Crippen LogP contribution in [0.25, 0.3) is 0 Å². The standard InChI is InChI=1S/C53H76O4.C30H50O2.C11H13ClO/c1-10-12-14-16-38-17-21-39(22-18-38)47(54)56-35-53-32-27-41(36(3)4)46(53)42-25-26-44-50(7)30-29-45(57-48(55)40-23-19-37(20-24-40)15-13-11-2)49(5,6)43(50)28-31-52(44,9)51(42,8)33-34-53;1-19(2)20-10-15-30(18-31)17-16-28(6)21(25(20)30)8-9-23-27(5)13-12-24(32)26(3,4)22(27)11-14-29(23,28)7;1-2-3-4-9-5-7-10(8-6-9)11(12)13/h17-24,41-46H,3,10-16,25-35H2,1-2,4-9H3;20-25,31-32H,1,8-18H2,2-7H3;5-8H,2-4H2,1H3/t41-,42+,43-,44+,45-,46+,50-,51+,52+,53+;20-,21+,22-,23+,24-,25+,27-,28+,29+,30+;/m00./s1. The van der Waals surface area contributed by atoms with Gasteiger partial charge in [-0.05, 0) is 348 Å². The van der Waals surface area contributed by atoms with E-state index in [1.165, 1.54) is 163 Å². The molecule has 2 N–H and O–H groups in total. The first-order chi connectivity index (χ1) is 48.2. The maximum absolute atomic E-state index is 13.6. The first-order valence-electron chi connectivity index (χ1n) is 41.7. The van der Waals surface area contributed by atoms with Crippen LogP contribution in [0.3, 0.4) is 0 Å². The zero-order valence-electron chi connectivity index (χ0n) is 66.7. The minimum Gasteiger partial charge on any atom is -0.461 e. The average molecular weight is 1420 g/mol. The van der Waals surface area contributed by atoms with Crippen LogP contribution in [0.5, 0.6) is 0 Å². The second-order valence-electron chi connectivity index (χ2n) is 39.0. The number of carbonyl (C=O) groups excluding carboxylic acids is 3. The van der Waals surface area contributed by atoms with E-state index in [1.54, 1.807) is 12.1 Å². The third-order valence-corrected chi connectivity index (χ3v) is 33.9. The van der Waals surface area contributed by atoms with E-state index in [9.17, 15) is 24.6 Å². The van der Waals surface area contributed by atoms with Crippen molar-refractivity contribution in [3.05, 3.63) is 130 Å². The van der Waals surface area contributed by atoms with Gasteiger partial charge in [0.05, 0.1) is 23.8 Å². The van der Waals surface area contributed by atoms with E-state index in [1.807, 2.05) is 36.4 Å². The molecule has 20 atom stereocenters. The van der Waals surface area contributed by atoms with Gasteiger partial charge in [-0.15, -0.1) is 0 Å². The molecule has 0 radical (unpaired) electrons. The summed E-state index contributed by atoms with van der Waals surface area (Å²) in [6.45, 7) is 46.6. The lowest BCUT2D eigenvalue weighted by atomic mass is 9.32. The molecular formula is C94H139ClO7.